The molecule has 0 aliphatic carbocycles. The monoisotopic (exact) mass is 480 g/mol. The Morgan fingerprint density at radius 1 is 1.21 bits per heavy atom. The molecule has 0 aliphatic heterocycles. The van der Waals surface area contributed by atoms with Gasteiger partial charge in [0.15, 0.2) is 11.2 Å². The molecule has 1 aromatic heterocycles. The van der Waals surface area contributed by atoms with Crippen LogP contribution in [0.15, 0.2) is 47.8 Å². The van der Waals surface area contributed by atoms with E-state index < -0.39 is 23.8 Å². The highest BCUT2D eigenvalue weighted by Gasteiger charge is 2.30. The molecule has 176 valence electrons. The minimum Gasteiger partial charge on any atom is -0.492 e. The van der Waals surface area contributed by atoms with E-state index in [0.29, 0.717) is 35.9 Å². The molecule has 0 fully saturated rings. The number of halogens is 3. The van der Waals surface area contributed by atoms with E-state index in [9.17, 15) is 18.0 Å². The standard InChI is InChI=1S/C23H23F3N2O4S/c1-14-12-18(8-9-20(14)32-15(2)21(29)30)31-11-10-28(3)22-27-19(13-33-22)16-4-6-17(7-5-16)23(24,25)26/h4-9,12-13,15H,10-11H2,1-3H3,(H,29,30). The molecule has 2 aromatic carbocycles. The summed E-state index contributed by atoms with van der Waals surface area (Å²) in [6, 6.07) is 10.1. The van der Waals surface area contributed by atoms with Crippen LogP contribution in [0.1, 0.15) is 18.1 Å². The molecule has 6 nitrogen and oxygen atoms in total. The number of hydrogen-bond donors (Lipinski definition) is 1. The highest BCUT2D eigenvalue weighted by atomic mass is 32.1. The zero-order valence-corrected chi connectivity index (χ0v) is 19.0. The number of thiazole rings is 1. The number of carboxylic acid groups (broad SMARTS) is 1. The van der Waals surface area contributed by atoms with Crippen molar-refractivity contribution in [1.82, 2.24) is 4.98 Å². The summed E-state index contributed by atoms with van der Waals surface area (Å²) in [7, 11) is 1.86. The lowest BCUT2D eigenvalue weighted by atomic mass is 10.1. The molecule has 0 spiro atoms. The van der Waals surface area contributed by atoms with Crippen molar-refractivity contribution in [3.8, 4) is 22.8 Å². The largest absolute Gasteiger partial charge is 0.492 e. The molecule has 10 heteroatoms. The number of anilines is 1. The maximum atomic E-state index is 12.7. The molecular formula is C23H23F3N2O4S. The van der Waals surface area contributed by atoms with Gasteiger partial charge < -0.3 is 19.5 Å². The highest BCUT2D eigenvalue weighted by Crippen LogP contribution is 2.32. The number of ether oxygens (including phenoxy) is 2. The van der Waals surface area contributed by atoms with Gasteiger partial charge in [0.1, 0.15) is 18.1 Å². The van der Waals surface area contributed by atoms with E-state index in [4.69, 9.17) is 14.6 Å². The lowest BCUT2D eigenvalue weighted by Crippen LogP contribution is -2.24. The minimum absolute atomic E-state index is 0.372. The van der Waals surface area contributed by atoms with Crippen molar-refractivity contribution in [3.63, 3.8) is 0 Å². The quantitative estimate of drug-likeness (QED) is 0.436. The average Bonchev–Trinajstić information content (AvgIpc) is 3.25. The van der Waals surface area contributed by atoms with Crippen LogP contribution in [0, 0.1) is 6.92 Å². The van der Waals surface area contributed by atoms with Crippen molar-refractivity contribution in [1.29, 1.82) is 0 Å². The fraction of sp³-hybridized carbons (Fsp3) is 0.304. The molecule has 1 atom stereocenters. The number of hydrogen-bond acceptors (Lipinski definition) is 6. The van der Waals surface area contributed by atoms with Crippen LogP contribution in [0.3, 0.4) is 0 Å². The van der Waals surface area contributed by atoms with Gasteiger partial charge in [-0.2, -0.15) is 13.2 Å². The summed E-state index contributed by atoms with van der Waals surface area (Å²) in [4.78, 5) is 17.3. The Morgan fingerprint density at radius 3 is 2.52 bits per heavy atom. The van der Waals surface area contributed by atoms with Gasteiger partial charge in [-0.25, -0.2) is 9.78 Å². The van der Waals surface area contributed by atoms with Gasteiger partial charge in [0.2, 0.25) is 0 Å². The molecule has 1 unspecified atom stereocenters. The fourth-order valence-electron chi connectivity index (χ4n) is 2.88. The molecule has 0 aliphatic rings. The molecule has 0 bridgehead atoms. The van der Waals surface area contributed by atoms with E-state index in [1.54, 1.807) is 30.5 Å². The fourth-order valence-corrected chi connectivity index (χ4v) is 3.71. The van der Waals surface area contributed by atoms with E-state index in [0.717, 1.165) is 22.8 Å². The summed E-state index contributed by atoms with van der Waals surface area (Å²) in [5.41, 5.74) is 1.29. The normalized spacial score (nSPS) is 12.3. The van der Waals surface area contributed by atoms with Crippen LogP contribution in [-0.2, 0) is 11.0 Å². The van der Waals surface area contributed by atoms with Crippen molar-refractivity contribution in [2.75, 3.05) is 25.1 Å². The number of carboxylic acids is 1. The number of aryl methyl sites for hydroxylation is 1. The molecule has 1 heterocycles. The van der Waals surface area contributed by atoms with Crippen LogP contribution in [-0.4, -0.2) is 42.4 Å². The first-order valence-electron chi connectivity index (χ1n) is 10.0. The van der Waals surface area contributed by atoms with Crippen LogP contribution in [0.4, 0.5) is 18.3 Å². The van der Waals surface area contributed by atoms with Crippen LogP contribution in [0.5, 0.6) is 11.5 Å². The Hall–Kier alpha value is -3.27. The zero-order valence-electron chi connectivity index (χ0n) is 18.2. The molecule has 0 saturated carbocycles. The predicted molar refractivity (Wildman–Crippen MR) is 120 cm³/mol. The number of likely N-dealkylation sites (N-methyl/N-ethyl adjacent to an activating group) is 1. The van der Waals surface area contributed by atoms with E-state index in [1.807, 2.05) is 11.9 Å². The molecular weight excluding hydrogens is 457 g/mol. The molecule has 0 saturated heterocycles. The van der Waals surface area contributed by atoms with E-state index in [-0.39, 0.29) is 0 Å². The molecule has 3 aromatic rings. The van der Waals surface area contributed by atoms with Gasteiger partial charge in [0, 0.05) is 18.0 Å². The Bertz CT molecular complexity index is 1100. The minimum atomic E-state index is -4.37. The first kappa shape index (κ1) is 24.4. The number of alkyl halides is 3. The Labute approximate surface area is 193 Å². The number of aliphatic carboxylic acids is 1. The maximum absolute atomic E-state index is 12.7. The number of aromatic nitrogens is 1. The summed E-state index contributed by atoms with van der Waals surface area (Å²) in [5, 5.41) is 11.5. The van der Waals surface area contributed by atoms with Gasteiger partial charge in [0.25, 0.3) is 0 Å². The smallest absolute Gasteiger partial charge is 0.416 e. The van der Waals surface area contributed by atoms with Crippen LogP contribution in [0.25, 0.3) is 11.3 Å². The van der Waals surface area contributed by atoms with E-state index in [1.165, 1.54) is 30.4 Å². The van der Waals surface area contributed by atoms with E-state index >= 15 is 0 Å². The van der Waals surface area contributed by atoms with Gasteiger partial charge >= 0.3 is 12.1 Å². The molecule has 1 N–H and O–H groups in total. The van der Waals surface area contributed by atoms with Gasteiger partial charge in [0.05, 0.1) is 17.8 Å². The Morgan fingerprint density at radius 2 is 1.91 bits per heavy atom. The summed E-state index contributed by atoms with van der Waals surface area (Å²) < 4.78 is 49.4. The van der Waals surface area contributed by atoms with Gasteiger partial charge in [-0.15, -0.1) is 11.3 Å². The van der Waals surface area contributed by atoms with Crippen molar-refractivity contribution >= 4 is 22.4 Å². The first-order chi connectivity index (χ1) is 15.5. The molecule has 33 heavy (non-hydrogen) atoms. The topological polar surface area (TPSA) is 71.9 Å². The molecule has 0 radical (unpaired) electrons. The van der Waals surface area contributed by atoms with Crippen molar-refractivity contribution in [3.05, 3.63) is 59.0 Å². The summed E-state index contributed by atoms with van der Waals surface area (Å²) in [6.07, 6.45) is -5.32. The SMILES string of the molecule is Cc1cc(OCCN(C)c2nc(-c3ccc(C(F)(F)F)cc3)cs2)ccc1OC(C)C(=O)O. The average molecular weight is 481 g/mol. The third kappa shape index (κ3) is 6.38. The Balaban J connectivity index is 1.54. The summed E-state index contributed by atoms with van der Waals surface area (Å²) in [6.45, 7) is 4.18. The number of rotatable bonds is 9. The second kappa shape index (κ2) is 10.1. The molecule has 3 rings (SSSR count). The van der Waals surface area contributed by atoms with E-state index in [2.05, 4.69) is 4.98 Å². The second-order valence-electron chi connectivity index (χ2n) is 7.39. The van der Waals surface area contributed by atoms with Crippen LogP contribution in [0.2, 0.25) is 0 Å². The van der Waals surface area contributed by atoms with Gasteiger partial charge in [-0.3, -0.25) is 0 Å². The second-order valence-corrected chi connectivity index (χ2v) is 8.22. The Kier molecular flexibility index (Phi) is 7.47. The third-order valence-electron chi connectivity index (χ3n) is 4.82. The summed E-state index contributed by atoms with van der Waals surface area (Å²) in [5.74, 6) is 0.0650. The summed E-state index contributed by atoms with van der Waals surface area (Å²) >= 11 is 1.39. The first-order valence-corrected chi connectivity index (χ1v) is 10.9. The van der Waals surface area contributed by atoms with Gasteiger partial charge in [-0.05, 0) is 49.7 Å². The number of nitrogens with zero attached hydrogens (tertiary/aromatic N) is 2. The molecule has 0 amide bonds. The lowest BCUT2D eigenvalue weighted by molar-refractivity contribution is -0.144. The maximum Gasteiger partial charge on any atom is 0.416 e. The van der Waals surface area contributed by atoms with Crippen molar-refractivity contribution < 1.29 is 32.5 Å². The third-order valence-corrected chi connectivity index (χ3v) is 5.77. The van der Waals surface area contributed by atoms with Crippen LogP contribution >= 0.6 is 11.3 Å². The van der Waals surface area contributed by atoms with Crippen molar-refractivity contribution in [2.45, 2.75) is 26.1 Å². The lowest BCUT2D eigenvalue weighted by Gasteiger charge is -2.17. The van der Waals surface area contributed by atoms with Gasteiger partial charge in [-0.1, -0.05) is 12.1 Å². The number of benzene rings is 2. The predicted octanol–water partition coefficient (Wildman–Crippen LogP) is 5.50. The zero-order chi connectivity index (χ0) is 24.2. The van der Waals surface area contributed by atoms with Crippen LogP contribution < -0.4 is 14.4 Å². The van der Waals surface area contributed by atoms with Crippen molar-refractivity contribution in [2.24, 2.45) is 0 Å². The number of carbonyl (C=O) groups is 1. The highest BCUT2D eigenvalue weighted by molar-refractivity contribution is 7.14.